The molecule has 11 heteroatoms. The summed E-state index contributed by atoms with van der Waals surface area (Å²) >= 11 is 0. The van der Waals surface area contributed by atoms with Gasteiger partial charge in [0.25, 0.3) is 11.8 Å². The molecule has 4 atom stereocenters. The van der Waals surface area contributed by atoms with Gasteiger partial charge in [0.1, 0.15) is 17.0 Å². The van der Waals surface area contributed by atoms with Crippen LogP contribution in [0.1, 0.15) is 50.4 Å². The Kier molecular flexibility index (Phi) is 6.82. The highest BCUT2D eigenvalue weighted by Gasteiger charge is 2.66. The van der Waals surface area contributed by atoms with Gasteiger partial charge in [0.05, 0.1) is 31.7 Å². The van der Waals surface area contributed by atoms with E-state index in [0.717, 1.165) is 31.9 Å². The third-order valence-corrected chi connectivity index (χ3v) is 8.90. The molecule has 4 aliphatic rings. The van der Waals surface area contributed by atoms with E-state index in [1.165, 1.54) is 12.8 Å². The second-order valence-electron chi connectivity index (χ2n) is 11.8. The van der Waals surface area contributed by atoms with Crippen LogP contribution in [-0.4, -0.2) is 90.8 Å². The summed E-state index contributed by atoms with van der Waals surface area (Å²) in [5.74, 6) is 1.80. The van der Waals surface area contributed by atoms with Crippen LogP contribution in [0.15, 0.2) is 24.4 Å². The molecule has 4 heterocycles. The van der Waals surface area contributed by atoms with Gasteiger partial charge in [-0.25, -0.2) is 4.98 Å². The number of aromatic nitrogens is 2. The Morgan fingerprint density at radius 2 is 2.12 bits per heavy atom. The van der Waals surface area contributed by atoms with Crippen molar-refractivity contribution >= 4 is 35.0 Å². The number of ether oxygens (including phenoxy) is 2. The van der Waals surface area contributed by atoms with Crippen LogP contribution in [0.4, 0.5) is 23.1 Å². The number of carbonyl (C=O) groups excluding carboxylic acids is 2. The number of morpholine rings is 1. The fraction of sp³-hybridized carbons (Fsp3) is 0.586. The summed E-state index contributed by atoms with van der Waals surface area (Å²) in [5.41, 5.74) is 1.28. The van der Waals surface area contributed by atoms with E-state index in [2.05, 4.69) is 46.2 Å². The number of hydrogen-bond acceptors (Lipinski definition) is 9. The molecule has 0 radical (unpaired) electrons. The molecular weight excluding hydrogens is 510 g/mol. The Morgan fingerprint density at radius 3 is 2.85 bits per heavy atom. The molecule has 2 N–H and O–H groups in total. The van der Waals surface area contributed by atoms with Gasteiger partial charge in [-0.3, -0.25) is 14.5 Å². The number of methoxy groups -OCH3 is 1. The average molecular weight is 550 g/mol. The van der Waals surface area contributed by atoms with Crippen molar-refractivity contribution in [1.29, 1.82) is 0 Å². The molecule has 2 unspecified atom stereocenters. The van der Waals surface area contributed by atoms with Gasteiger partial charge in [0.15, 0.2) is 5.82 Å². The molecule has 11 nitrogen and oxygen atoms in total. The zero-order valence-corrected chi connectivity index (χ0v) is 23.9. The second kappa shape index (κ2) is 10.2. The van der Waals surface area contributed by atoms with Crippen molar-refractivity contribution < 1.29 is 19.1 Å². The second-order valence-corrected chi connectivity index (χ2v) is 11.8. The zero-order chi connectivity index (χ0) is 28.2. The molecule has 3 fully saturated rings. The van der Waals surface area contributed by atoms with E-state index in [1.807, 2.05) is 0 Å². The van der Waals surface area contributed by atoms with Gasteiger partial charge in [-0.2, -0.15) is 4.98 Å². The fourth-order valence-corrected chi connectivity index (χ4v) is 6.65. The first-order valence-electron chi connectivity index (χ1n) is 14.3. The lowest BCUT2D eigenvalue weighted by atomic mass is 10.0. The van der Waals surface area contributed by atoms with E-state index < -0.39 is 5.54 Å². The number of anilines is 4. The van der Waals surface area contributed by atoms with Crippen molar-refractivity contribution in [3.8, 4) is 5.75 Å². The van der Waals surface area contributed by atoms with Crippen LogP contribution in [-0.2, 0) is 9.53 Å². The third-order valence-electron chi connectivity index (χ3n) is 8.90. The van der Waals surface area contributed by atoms with E-state index in [4.69, 9.17) is 14.5 Å². The summed E-state index contributed by atoms with van der Waals surface area (Å²) in [6, 6.07) is 5.88. The summed E-state index contributed by atoms with van der Waals surface area (Å²) in [5, 5.41) is 6.27. The highest BCUT2D eigenvalue weighted by Crippen LogP contribution is 2.56. The van der Waals surface area contributed by atoms with Crippen LogP contribution < -0.4 is 25.2 Å². The number of nitrogens with one attached hydrogen (secondary N) is 2. The van der Waals surface area contributed by atoms with Crippen molar-refractivity contribution in [2.75, 3.05) is 55.5 Å². The normalized spacial score (nSPS) is 27.6. The molecule has 214 valence electrons. The van der Waals surface area contributed by atoms with E-state index in [-0.39, 0.29) is 29.9 Å². The molecule has 3 aliphatic heterocycles. The average Bonchev–Trinajstić information content (AvgIpc) is 3.37. The van der Waals surface area contributed by atoms with Crippen LogP contribution in [0.3, 0.4) is 0 Å². The highest BCUT2D eigenvalue weighted by atomic mass is 16.5. The Balaban J connectivity index is 1.17. The van der Waals surface area contributed by atoms with E-state index in [9.17, 15) is 9.59 Å². The molecule has 6 rings (SSSR count). The predicted molar refractivity (Wildman–Crippen MR) is 153 cm³/mol. The summed E-state index contributed by atoms with van der Waals surface area (Å²) in [4.78, 5) is 41.9. The maximum absolute atomic E-state index is 13.3. The van der Waals surface area contributed by atoms with Crippen molar-refractivity contribution in [2.24, 2.45) is 5.92 Å². The van der Waals surface area contributed by atoms with Crippen molar-refractivity contribution in [3.63, 3.8) is 0 Å². The molecule has 2 aromatic rings. The monoisotopic (exact) mass is 549 g/mol. The maximum atomic E-state index is 13.3. The summed E-state index contributed by atoms with van der Waals surface area (Å²) in [7, 11) is 3.36. The molecule has 2 saturated heterocycles. The lowest BCUT2D eigenvalue weighted by Gasteiger charge is -2.44. The SMILES string of the molecule is COc1cc(C(=O)NC[C@@H]2CN3CCC[C@H]3CO2)ccc1Nc1ncc2c(n1)N(C(C)C)C1(CC1C)C(=O)N2C. The first-order valence-corrected chi connectivity index (χ1v) is 14.3. The molecule has 40 heavy (non-hydrogen) atoms. The van der Waals surface area contributed by atoms with Gasteiger partial charge in [-0.1, -0.05) is 6.92 Å². The van der Waals surface area contributed by atoms with Gasteiger partial charge in [0, 0.05) is 37.8 Å². The number of nitrogens with zero attached hydrogens (tertiary/aromatic N) is 5. The zero-order valence-electron chi connectivity index (χ0n) is 23.9. The first kappa shape index (κ1) is 26.8. The standard InChI is InChI=1S/C29H39N7O4/c1-17(2)36-25-23(34(4)27(38)29(36)12-18(29)3)14-31-28(33-25)32-22-9-8-19(11-24(22)39-5)26(37)30-13-21-15-35-10-6-7-20(35)16-40-21/h8-9,11,14,17-18,20-21H,6-7,10,12-13,15-16H2,1-5H3,(H,30,37)(H,31,32,33)/t18?,20-,21+,29?/m0/s1. The van der Waals surface area contributed by atoms with Gasteiger partial charge < -0.3 is 29.9 Å². The quantitative estimate of drug-likeness (QED) is 0.538. The van der Waals surface area contributed by atoms with Crippen LogP contribution in [0, 0.1) is 5.92 Å². The Bertz CT molecular complexity index is 1320. The Hall–Kier alpha value is -3.44. The summed E-state index contributed by atoms with van der Waals surface area (Å²) < 4.78 is 11.6. The number of amides is 2. The van der Waals surface area contributed by atoms with Crippen LogP contribution in [0.2, 0.25) is 0 Å². The lowest BCUT2D eigenvalue weighted by Crippen LogP contribution is -2.58. The van der Waals surface area contributed by atoms with E-state index >= 15 is 0 Å². The number of hydrogen-bond donors (Lipinski definition) is 2. The molecule has 1 spiro atoms. The number of carbonyl (C=O) groups is 2. The summed E-state index contributed by atoms with van der Waals surface area (Å²) in [6.45, 7) is 9.46. The highest BCUT2D eigenvalue weighted by molar-refractivity contribution is 6.10. The van der Waals surface area contributed by atoms with Gasteiger partial charge in [-0.05, 0) is 63.8 Å². The number of fused-ring (bicyclic) bond motifs is 2. The van der Waals surface area contributed by atoms with Gasteiger partial charge >= 0.3 is 0 Å². The molecule has 2 amide bonds. The van der Waals surface area contributed by atoms with Crippen LogP contribution >= 0.6 is 0 Å². The summed E-state index contributed by atoms with van der Waals surface area (Å²) in [6.07, 6.45) is 4.91. The topological polar surface area (TPSA) is 112 Å². The van der Waals surface area contributed by atoms with Crippen molar-refractivity contribution in [1.82, 2.24) is 20.2 Å². The maximum Gasteiger partial charge on any atom is 0.253 e. The number of likely N-dealkylation sites (N-methyl/N-ethyl adjacent to an activating group) is 1. The fourth-order valence-electron chi connectivity index (χ4n) is 6.65. The molecule has 1 aliphatic carbocycles. The van der Waals surface area contributed by atoms with E-state index in [0.29, 0.717) is 41.2 Å². The number of rotatable bonds is 7. The van der Waals surface area contributed by atoms with Crippen molar-refractivity contribution in [3.05, 3.63) is 30.0 Å². The largest absolute Gasteiger partial charge is 0.495 e. The first-order chi connectivity index (χ1) is 19.2. The van der Waals surface area contributed by atoms with Gasteiger partial charge in [0.2, 0.25) is 5.95 Å². The molecular formula is C29H39N7O4. The van der Waals surface area contributed by atoms with E-state index in [1.54, 1.807) is 43.5 Å². The minimum Gasteiger partial charge on any atom is -0.495 e. The number of benzene rings is 1. The van der Waals surface area contributed by atoms with Crippen molar-refractivity contribution in [2.45, 2.75) is 63.8 Å². The minimum atomic E-state index is -0.549. The van der Waals surface area contributed by atoms with Gasteiger partial charge in [-0.15, -0.1) is 0 Å². The molecule has 1 aromatic heterocycles. The minimum absolute atomic E-state index is 0.000184. The molecule has 1 aromatic carbocycles. The Morgan fingerprint density at radius 1 is 1.32 bits per heavy atom. The lowest BCUT2D eigenvalue weighted by molar-refractivity contribution is -0.121. The third kappa shape index (κ3) is 4.45. The Labute approximate surface area is 235 Å². The smallest absolute Gasteiger partial charge is 0.253 e. The van der Waals surface area contributed by atoms with Crippen LogP contribution in [0.5, 0.6) is 5.75 Å². The molecule has 0 bridgehead atoms. The van der Waals surface area contributed by atoms with Crippen LogP contribution in [0.25, 0.3) is 0 Å². The predicted octanol–water partition coefficient (Wildman–Crippen LogP) is 2.79. The molecule has 1 saturated carbocycles.